The second-order valence-corrected chi connectivity index (χ2v) is 9.94. The van der Waals surface area contributed by atoms with Crippen molar-refractivity contribution in [3.05, 3.63) is 65.4 Å². The van der Waals surface area contributed by atoms with Gasteiger partial charge in [-0.1, -0.05) is 0 Å². The Balaban J connectivity index is 1.40. The van der Waals surface area contributed by atoms with E-state index in [4.69, 9.17) is 4.74 Å². The van der Waals surface area contributed by atoms with Crippen LogP contribution in [0.1, 0.15) is 17.4 Å². The van der Waals surface area contributed by atoms with Crippen LogP contribution in [0.2, 0.25) is 0 Å². The lowest BCUT2D eigenvalue weighted by atomic mass is 10.2. The first-order valence-electron chi connectivity index (χ1n) is 10.1. The Kier molecular flexibility index (Phi) is 6.54. The average Bonchev–Trinajstić information content (AvgIpc) is 3.30. The second kappa shape index (κ2) is 9.35. The monoisotopic (exact) mass is 475 g/mol. The van der Waals surface area contributed by atoms with E-state index < -0.39 is 10.0 Å². The number of halogens is 1. The number of sulfonamides is 1. The maximum Gasteiger partial charge on any atom is 0.273 e. The molecule has 4 rings (SSSR count). The Labute approximate surface area is 190 Å². The van der Waals surface area contributed by atoms with Gasteiger partial charge in [-0.3, -0.25) is 4.79 Å². The van der Waals surface area contributed by atoms with Gasteiger partial charge >= 0.3 is 0 Å². The first kappa shape index (κ1) is 22.4. The molecule has 168 valence electrons. The maximum absolute atomic E-state index is 13.1. The van der Waals surface area contributed by atoms with E-state index in [1.807, 2.05) is 6.92 Å². The summed E-state index contributed by atoms with van der Waals surface area (Å²) in [6, 6.07) is 12.3. The van der Waals surface area contributed by atoms with E-state index in [0.29, 0.717) is 23.1 Å². The molecule has 0 spiro atoms. The van der Waals surface area contributed by atoms with Gasteiger partial charge in [0, 0.05) is 37.1 Å². The Morgan fingerprint density at radius 2 is 1.72 bits per heavy atom. The molecule has 1 saturated heterocycles. The molecule has 7 nitrogen and oxygen atoms in total. The van der Waals surface area contributed by atoms with Crippen LogP contribution in [0.5, 0.6) is 5.75 Å². The maximum atomic E-state index is 13.1. The Bertz CT molecular complexity index is 1190. The summed E-state index contributed by atoms with van der Waals surface area (Å²) in [5, 5.41) is 2.30. The Hall–Kier alpha value is -2.82. The lowest BCUT2D eigenvalue weighted by molar-refractivity contribution is 0.0693. The summed E-state index contributed by atoms with van der Waals surface area (Å²) in [4.78, 5) is 19.0. The molecule has 32 heavy (non-hydrogen) atoms. The van der Waals surface area contributed by atoms with Gasteiger partial charge in [0.15, 0.2) is 0 Å². The number of hydrogen-bond acceptors (Lipinski definition) is 6. The molecule has 10 heteroatoms. The number of thiazole rings is 1. The van der Waals surface area contributed by atoms with E-state index in [-0.39, 0.29) is 42.8 Å². The van der Waals surface area contributed by atoms with Crippen molar-refractivity contribution in [3.8, 4) is 16.3 Å². The van der Waals surface area contributed by atoms with E-state index in [2.05, 4.69) is 4.98 Å². The van der Waals surface area contributed by atoms with Gasteiger partial charge in [-0.2, -0.15) is 4.31 Å². The standard InChI is InChI=1S/C22H22FN3O4S2/c1-2-30-18-7-9-19(10-8-18)32(28,29)26-13-11-25(12-14-26)22(27)20-15-31-21(24-20)16-3-5-17(23)6-4-16/h3-10,15H,2,11-14H2,1H3. The number of nitrogens with zero attached hydrogens (tertiary/aromatic N) is 3. The summed E-state index contributed by atoms with van der Waals surface area (Å²) in [7, 11) is -3.65. The average molecular weight is 476 g/mol. The molecule has 1 aromatic heterocycles. The van der Waals surface area contributed by atoms with Gasteiger partial charge in [0.05, 0.1) is 11.5 Å². The van der Waals surface area contributed by atoms with Crippen molar-refractivity contribution in [3.63, 3.8) is 0 Å². The van der Waals surface area contributed by atoms with Gasteiger partial charge in [0.1, 0.15) is 22.3 Å². The van der Waals surface area contributed by atoms with Gasteiger partial charge in [-0.05, 0) is 55.5 Å². The summed E-state index contributed by atoms with van der Waals surface area (Å²) in [5.74, 6) is 0.0394. The van der Waals surface area contributed by atoms with E-state index in [0.717, 1.165) is 5.56 Å². The van der Waals surface area contributed by atoms with Crippen molar-refractivity contribution >= 4 is 27.3 Å². The lowest BCUT2D eigenvalue weighted by Crippen LogP contribution is -2.50. The van der Waals surface area contributed by atoms with Crippen LogP contribution in [0.4, 0.5) is 4.39 Å². The van der Waals surface area contributed by atoms with E-state index >= 15 is 0 Å². The molecule has 0 N–H and O–H groups in total. The highest BCUT2D eigenvalue weighted by molar-refractivity contribution is 7.89. The fraction of sp³-hybridized carbons (Fsp3) is 0.273. The number of carbonyl (C=O) groups excluding carboxylic acids is 1. The molecule has 1 aliphatic rings. The molecule has 0 aliphatic carbocycles. The van der Waals surface area contributed by atoms with Crippen LogP contribution in [0.15, 0.2) is 58.8 Å². The minimum Gasteiger partial charge on any atom is -0.494 e. The van der Waals surface area contributed by atoms with Gasteiger partial charge in [-0.15, -0.1) is 11.3 Å². The molecule has 0 unspecified atom stereocenters. The molecule has 2 aromatic carbocycles. The highest BCUT2D eigenvalue weighted by atomic mass is 32.2. The first-order chi connectivity index (χ1) is 15.4. The SMILES string of the molecule is CCOc1ccc(S(=O)(=O)N2CCN(C(=O)c3csc(-c4ccc(F)cc4)n3)CC2)cc1. The molecule has 0 bridgehead atoms. The lowest BCUT2D eigenvalue weighted by Gasteiger charge is -2.33. The zero-order chi connectivity index (χ0) is 22.7. The minimum absolute atomic E-state index is 0.198. The van der Waals surface area contributed by atoms with Crippen LogP contribution in [0, 0.1) is 5.82 Å². The second-order valence-electron chi connectivity index (χ2n) is 7.15. The fourth-order valence-electron chi connectivity index (χ4n) is 3.41. The van der Waals surface area contributed by atoms with Gasteiger partial charge in [0.25, 0.3) is 5.91 Å². The summed E-state index contributed by atoms with van der Waals surface area (Å²) in [6.07, 6.45) is 0. The Morgan fingerprint density at radius 1 is 1.06 bits per heavy atom. The number of aromatic nitrogens is 1. The zero-order valence-corrected chi connectivity index (χ0v) is 19.0. The number of amides is 1. The number of rotatable bonds is 6. The highest BCUT2D eigenvalue weighted by Gasteiger charge is 2.31. The molecule has 0 saturated carbocycles. The zero-order valence-electron chi connectivity index (χ0n) is 17.4. The van der Waals surface area contributed by atoms with Crippen molar-refractivity contribution in [2.24, 2.45) is 0 Å². The minimum atomic E-state index is -3.65. The normalized spacial score (nSPS) is 15.0. The molecule has 0 radical (unpaired) electrons. The topological polar surface area (TPSA) is 79.8 Å². The van der Waals surface area contributed by atoms with E-state index in [1.165, 1.54) is 39.9 Å². The van der Waals surface area contributed by atoms with E-state index in [9.17, 15) is 17.6 Å². The molecular formula is C22H22FN3O4S2. The predicted octanol–water partition coefficient (Wildman–Crippen LogP) is 3.49. The predicted molar refractivity (Wildman–Crippen MR) is 120 cm³/mol. The molecule has 0 atom stereocenters. The van der Waals surface area contributed by atoms with Gasteiger partial charge in [-0.25, -0.2) is 17.8 Å². The quantitative estimate of drug-likeness (QED) is 0.545. The van der Waals surface area contributed by atoms with Crippen molar-refractivity contribution < 1.29 is 22.3 Å². The summed E-state index contributed by atoms with van der Waals surface area (Å²) < 4.78 is 45.7. The molecule has 1 amide bonds. The van der Waals surface area contributed by atoms with Crippen molar-refractivity contribution in [2.45, 2.75) is 11.8 Å². The van der Waals surface area contributed by atoms with Crippen molar-refractivity contribution in [1.82, 2.24) is 14.2 Å². The van der Waals surface area contributed by atoms with Crippen LogP contribution in [-0.4, -0.2) is 61.3 Å². The van der Waals surface area contributed by atoms with Crippen LogP contribution < -0.4 is 4.74 Å². The molecule has 1 aliphatic heterocycles. The van der Waals surface area contributed by atoms with Gasteiger partial charge < -0.3 is 9.64 Å². The number of carbonyl (C=O) groups is 1. The largest absolute Gasteiger partial charge is 0.494 e. The molecular weight excluding hydrogens is 453 g/mol. The number of hydrogen-bond donors (Lipinski definition) is 0. The van der Waals surface area contributed by atoms with Gasteiger partial charge in [0.2, 0.25) is 10.0 Å². The third-order valence-electron chi connectivity index (χ3n) is 5.11. The molecule has 1 fully saturated rings. The summed E-state index contributed by atoms with van der Waals surface area (Å²) in [5.41, 5.74) is 1.04. The van der Waals surface area contributed by atoms with Crippen LogP contribution in [-0.2, 0) is 10.0 Å². The smallest absolute Gasteiger partial charge is 0.273 e. The fourth-order valence-corrected chi connectivity index (χ4v) is 5.64. The molecule has 3 aromatic rings. The first-order valence-corrected chi connectivity index (χ1v) is 12.4. The van der Waals surface area contributed by atoms with Crippen molar-refractivity contribution in [1.29, 1.82) is 0 Å². The summed E-state index contributed by atoms with van der Waals surface area (Å²) >= 11 is 1.31. The van der Waals surface area contributed by atoms with Crippen LogP contribution in [0.3, 0.4) is 0 Å². The number of benzene rings is 2. The Morgan fingerprint density at radius 3 is 2.34 bits per heavy atom. The number of piperazine rings is 1. The number of ether oxygens (including phenoxy) is 1. The molecule has 2 heterocycles. The third kappa shape index (κ3) is 4.67. The third-order valence-corrected chi connectivity index (χ3v) is 7.92. The van der Waals surface area contributed by atoms with Crippen molar-refractivity contribution in [2.75, 3.05) is 32.8 Å². The van der Waals surface area contributed by atoms with E-state index in [1.54, 1.807) is 34.5 Å². The highest BCUT2D eigenvalue weighted by Crippen LogP contribution is 2.25. The van der Waals surface area contributed by atoms with Crippen LogP contribution >= 0.6 is 11.3 Å². The summed E-state index contributed by atoms with van der Waals surface area (Å²) in [6.45, 7) is 3.33. The van der Waals surface area contributed by atoms with Crippen LogP contribution in [0.25, 0.3) is 10.6 Å².